The summed E-state index contributed by atoms with van der Waals surface area (Å²) in [4.78, 5) is 12.0. The fourth-order valence-electron chi connectivity index (χ4n) is 1.76. The Bertz CT molecular complexity index is 677. The van der Waals surface area contributed by atoms with Crippen molar-refractivity contribution in [3.05, 3.63) is 55.4 Å². The van der Waals surface area contributed by atoms with Crippen LogP contribution in [0.25, 0.3) is 5.69 Å². The Hall–Kier alpha value is -1.32. The minimum Gasteiger partial charge on any atom is -0.266 e. The maximum atomic E-state index is 12.0. The van der Waals surface area contributed by atoms with Gasteiger partial charge >= 0.3 is 0 Å². The third-order valence-electron chi connectivity index (χ3n) is 2.92. The van der Waals surface area contributed by atoms with E-state index in [9.17, 15) is 4.79 Å². The van der Waals surface area contributed by atoms with Crippen LogP contribution < -0.4 is 5.56 Å². The van der Waals surface area contributed by atoms with Gasteiger partial charge in [-0.1, -0.05) is 29.3 Å². The summed E-state index contributed by atoms with van der Waals surface area (Å²) in [5.41, 5.74) is 3.54. The van der Waals surface area contributed by atoms with Crippen LogP contribution in [0.1, 0.15) is 16.7 Å². The summed E-state index contributed by atoms with van der Waals surface area (Å²) in [5.74, 6) is 0. The van der Waals surface area contributed by atoms with Crippen molar-refractivity contribution in [1.82, 2.24) is 9.78 Å². The van der Waals surface area contributed by atoms with Crippen molar-refractivity contribution in [3.63, 3.8) is 0 Å². The van der Waals surface area contributed by atoms with Crippen LogP contribution in [0.2, 0.25) is 10.0 Å². The van der Waals surface area contributed by atoms with Gasteiger partial charge < -0.3 is 0 Å². The van der Waals surface area contributed by atoms with E-state index in [0.29, 0.717) is 0 Å². The summed E-state index contributed by atoms with van der Waals surface area (Å²) in [5, 5.41) is 4.18. The van der Waals surface area contributed by atoms with Crippen molar-refractivity contribution in [1.29, 1.82) is 0 Å². The zero-order valence-electron chi connectivity index (χ0n) is 10.3. The van der Waals surface area contributed by atoms with E-state index in [1.807, 2.05) is 32.9 Å². The SMILES string of the molecule is Cc1cc(C)c(-n2ncc(Cl)c(Cl)c2=O)cc1C. The second-order valence-electron chi connectivity index (χ2n) is 4.25. The first-order chi connectivity index (χ1) is 8.41. The minimum absolute atomic E-state index is 0.00991. The van der Waals surface area contributed by atoms with Gasteiger partial charge in [-0.2, -0.15) is 9.78 Å². The molecule has 3 nitrogen and oxygen atoms in total. The van der Waals surface area contributed by atoms with Gasteiger partial charge in [0, 0.05) is 0 Å². The normalized spacial score (nSPS) is 10.7. The largest absolute Gasteiger partial charge is 0.291 e. The van der Waals surface area contributed by atoms with Crippen LogP contribution in [0.15, 0.2) is 23.1 Å². The average molecular weight is 283 g/mol. The molecule has 0 spiro atoms. The number of nitrogens with zero attached hydrogens (tertiary/aromatic N) is 2. The molecule has 0 fully saturated rings. The Kier molecular flexibility index (Phi) is 3.46. The highest BCUT2D eigenvalue weighted by atomic mass is 35.5. The molecule has 94 valence electrons. The quantitative estimate of drug-likeness (QED) is 0.803. The highest BCUT2D eigenvalue weighted by Gasteiger charge is 2.11. The standard InChI is InChI=1S/C13H12Cl2N2O/c1-7-4-9(3)11(5-8(7)2)17-13(18)12(15)10(14)6-16-17/h4-6H,1-3H3. The molecule has 0 aliphatic rings. The number of hydrogen-bond donors (Lipinski definition) is 0. The molecule has 0 aliphatic carbocycles. The fraction of sp³-hybridized carbons (Fsp3) is 0.231. The Labute approximate surface area is 115 Å². The third kappa shape index (κ3) is 2.16. The molecule has 0 amide bonds. The van der Waals surface area contributed by atoms with Crippen LogP contribution in [0, 0.1) is 20.8 Å². The fourth-order valence-corrected chi connectivity index (χ4v) is 2.01. The molecule has 1 aromatic heterocycles. The maximum absolute atomic E-state index is 12.0. The molecule has 0 N–H and O–H groups in total. The van der Waals surface area contributed by atoms with E-state index in [1.54, 1.807) is 0 Å². The van der Waals surface area contributed by atoms with Crippen LogP contribution in [-0.2, 0) is 0 Å². The van der Waals surface area contributed by atoms with Gasteiger partial charge in [-0.3, -0.25) is 4.79 Å². The predicted molar refractivity (Wildman–Crippen MR) is 74.1 cm³/mol. The number of halogens is 2. The summed E-state index contributed by atoms with van der Waals surface area (Å²) in [7, 11) is 0. The van der Waals surface area contributed by atoms with E-state index in [1.165, 1.54) is 16.4 Å². The number of aryl methyl sites for hydroxylation is 3. The number of benzene rings is 1. The molecular weight excluding hydrogens is 271 g/mol. The molecule has 2 aromatic rings. The predicted octanol–water partition coefficient (Wildman–Crippen LogP) is 3.46. The molecule has 0 radical (unpaired) electrons. The van der Waals surface area contributed by atoms with E-state index in [0.717, 1.165) is 16.8 Å². The Morgan fingerprint density at radius 2 is 1.67 bits per heavy atom. The second-order valence-corrected chi connectivity index (χ2v) is 5.03. The van der Waals surface area contributed by atoms with Crippen molar-refractivity contribution in [2.45, 2.75) is 20.8 Å². The van der Waals surface area contributed by atoms with Gasteiger partial charge in [0.2, 0.25) is 0 Å². The molecular formula is C13H12Cl2N2O. The van der Waals surface area contributed by atoms with E-state index < -0.39 is 5.56 Å². The first-order valence-corrected chi connectivity index (χ1v) is 6.19. The monoisotopic (exact) mass is 282 g/mol. The second kappa shape index (κ2) is 4.75. The number of rotatable bonds is 1. The first kappa shape index (κ1) is 13.1. The summed E-state index contributed by atoms with van der Waals surface area (Å²) in [6.45, 7) is 5.94. The van der Waals surface area contributed by atoms with Crippen LogP contribution >= 0.6 is 23.2 Å². The lowest BCUT2D eigenvalue weighted by Crippen LogP contribution is -2.22. The lowest BCUT2D eigenvalue weighted by molar-refractivity contribution is 0.800. The van der Waals surface area contributed by atoms with Crippen molar-refractivity contribution in [3.8, 4) is 5.69 Å². The van der Waals surface area contributed by atoms with Crippen LogP contribution in [0.3, 0.4) is 0 Å². The summed E-state index contributed by atoms with van der Waals surface area (Å²) in [6.07, 6.45) is 1.37. The molecule has 1 aromatic carbocycles. The molecule has 18 heavy (non-hydrogen) atoms. The minimum atomic E-state index is -0.407. The highest BCUT2D eigenvalue weighted by Crippen LogP contribution is 2.20. The van der Waals surface area contributed by atoms with E-state index in [2.05, 4.69) is 5.10 Å². The van der Waals surface area contributed by atoms with Crippen LogP contribution in [-0.4, -0.2) is 9.78 Å². The molecule has 5 heteroatoms. The van der Waals surface area contributed by atoms with Crippen molar-refractivity contribution in [2.24, 2.45) is 0 Å². The Morgan fingerprint density at radius 3 is 2.33 bits per heavy atom. The smallest absolute Gasteiger partial charge is 0.266 e. The van der Waals surface area contributed by atoms with Gasteiger partial charge in [-0.25, -0.2) is 0 Å². The number of hydrogen-bond acceptors (Lipinski definition) is 2. The topological polar surface area (TPSA) is 34.9 Å². The zero-order valence-corrected chi connectivity index (χ0v) is 11.8. The third-order valence-corrected chi connectivity index (χ3v) is 3.67. The first-order valence-electron chi connectivity index (χ1n) is 5.43. The van der Waals surface area contributed by atoms with Gasteiger partial charge in [-0.05, 0) is 43.5 Å². The average Bonchev–Trinajstić information content (AvgIpc) is 2.32. The van der Waals surface area contributed by atoms with Gasteiger partial charge in [0.25, 0.3) is 5.56 Å². The number of aromatic nitrogens is 2. The van der Waals surface area contributed by atoms with Crippen molar-refractivity contribution < 1.29 is 0 Å². The van der Waals surface area contributed by atoms with E-state index >= 15 is 0 Å². The summed E-state index contributed by atoms with van der Waals surface area (Å²) >= 11 is 11.6. The molecule has 0 atom stereocenters. The molecule has 0 saturated carbocycles. The molecule has 0 bridgehead atoms. The van der Waals surface area contributed by atoms with E-state index in [-0.39, 0.29) is 10.0 Å². The molecule has 2 rings (SSSR count). The lowest BCUT2D eigenvalue weighted by atomic mass is 10.1. The van der Waals surface area contributed by atoms with Crippen molar-refractivity contribution >= 4 is 23.2 Å². The van der Waals surface area contributed by atoms with Crippen LogP contribution in [0.5, 0.6) is 0 Å². The Balaban J connectivity index is 2.74. The summed E-state index contributed by atoms with van der Waals surface area (Å²) < 4.78 is 1.27. The molecule has 0 aliphatic heterocycles. The van der Waals surface area contributed by atoms with Gasteiger partial charge in [-0.15, -0.1) is 0 Å². The lowest BCUT2D eigenvalue weighted by Gasteiger charge is -2.11. The van der Waals surface area contributed by atoms with Gasteiger partial charge in [0.15, 0.2) is 0 Å². The van der Waals surface area contributed by atoms with Gasteiger partial charge in [0.05, 0.1) is 16.9 Å². The van der Waals surface area contributed by atoms with Crippen LogP contribution in [0.4, 0.5) is 0 Å². The molecule has 0 saturated heterocycles. The van der Waals surface area contributed by atoms with Crippen molar-refractivity contribution in [2.75, 3.05) is 0 Å². The van der Waals surface area contributed by atoms with Gasteiger partial charge in [0.1, 0.15) is 5.02 Å². The molecule has 1 heterocycles. The zero-order chi connectivity index (χ0) is 13.4. The maximum Gasteiger partial charge on any atom is 0.291 e. The van der Waals surface area contributed by atoms with E-state index in [4.69, 9.17) is 23.2 Å². The Morgan fingerprint density at radius 1 is 1.06 bits per heavy atom. The highest BCUT2D eigenvalue weighted by molar-refractivity contribution is 6.41. The summed E-state index contributed by atoms with van der Waals surface area (Å²) in [6, 6.07) is 3.94. The molecule has 0 unspecified atom stereocenters.